The molecule has 14 heteroatoms. The molecule has 0 spiro atoms. The number of hydroxylamine groups is 4. The molecule has 0 saturated carbocycles. The fraction of sp³-hybridized carbons (Fsp3) is 0.350. The second-order valence-corrected chi connectivity index (χ2v) is 13.4. The van der Waals surface area contributed by atoms with Crippen LogP contribution in [0.1, 0.15) is 36.2 Å². The highest BCUT2D eigenvalue weighted by Gasteiger charge is 2.35. The van der Waals surface area contributed by atoms with Crippen molar-refractivity contribution in [1.29, 1.82) is 0 Å². The van der Waals surface area contributed by atoms with Gasteiger partial charge in [-0.1, -0.05) is 83.9 Å². The van der Waals surface area contributed by atoms with Crippen molar-refractivity contribution in [3.05, 3.63) is 118 Å². The summed E-state index contributed by atoms with van der Waals surface area (Å²) in [5, 5.41) is 4.09. The lowest BCUT2D eigenvalue weighted by Crippen LogP contribution is -2.47. The number of carbonyl (C=O) groups excluding carboxylic acids is 2. The first-order valence-electron chi connectivity index (χ1n) is 17.5. The lowest BCUT2D eigenvalue weighted by Gasteiger charge is -2.36. The molecule has 4 aromatic rings. The maximum absolute atomic E-state index is 13.0. The Morgan fingerprint density at radius 3 is 1.43 bits per heavy atom. The Balaban J connectivity index is 1.02. The van der Waals surface area contributed by atoms with E-state index in [1.54, 1.807) is 50.6 Å². The van der Waals surface area contributed by atoms with Crippen LogP contribution in [0, 0.1) is 0 Å². The molecule has 2 heterocycles. The van der Waals surface area contributed by atoms with Gasteiger partial charge in [0.15, 0.2) is 35.2 Å². The quantitative estimate of drug-likeness (QED) is 0.123. The number of morpholine rings is 2. The van der Waals surface area contributed by atoms with Crippen molar-refractivity contribution in [2.75, 3.05) is 53.6 Å². The second kappa shape index (κ2) is 19.2. The van der Waals surface area contributed by atoms with E-state index in [9.17, 15) is 9.59 Å². The van der Waals surface area contributed by atoms with Crippen LogP contribution in [-0.4, -0.2) is 87.9 Å². The zero-order valence-electron chi connectivity index (χ0n) is 29.9. The Hall–Kier alpha value is -4.56. The van der Waals surface area contributed by atoms with Crippen molar-refractivity contribution in [2.24, 2.45) is 0 Å². The number of benzene rings is 4. The largest absolute Gasteiger partial charge is 0.493 e. The summed E-state index contributed by atoms with van der Waals surface area (Å²) in [4.78, 5) is 37.3. The summed E-state index contributed by atoms with van der Waals surface area (Å²) in [6.07, 6.45) is -2.48. The second-order valence-electron chi connectivity index (χ2n) is 12.5. The van der Waals surface area contributed by atoms with Crippen LogP contribution in [0.3, 0.4) is 0 Å². The lowest BCUT2D eigenvalue weighted by atomic mass is 10.0. The van der Waals surface area contributed by atoms with Crippen LogP contribution in [-0.2, 0) is 28.7 Å². The van der Waals surface area contributed by atoms with Crippen LogP contribution in [0.4, 0.5) is 0 Å². The normalized spacial score (nSPS) is 18.9. The molecule has 2 aliphatic rings. The van der Waals surface area contributed by atoms with E-state index in [0.717, 1.165) is 11.1 Å². The fourth-order valence-corrected chi connectivity index (χ4v) is 6.49. The minimum Gasteiger partial charge on any atom is -0.493 e. The Kier molecular flexibility index (Phi) is 13.9. The van der Waals surface area contributed by atoms with Crippen LogP contribution in [0.2, 0.25) is 10.0 Å². The molecule has 0 radical (unpaired) electrons. The minimum absolute atomic E-state index is 0.179. The van der Waals surface area contributed by atoms with E-state index in [1.165, 1.54) is 10.1 Å². The standard InChI is InChI=1S/C40H42Cl2N2O10/c1-47-33-23-29(41)13-15-31(33)51-39(27-9-5-3-6-10-27)35-25-43(19-21-49-35)53-37(45)17-18-38(46)54-44-20-22-50-36(26-44)40(28-11-7-4-8-12-28)52-32-16-14-30(42)24-34(32)48-2/h3-16,23-24,35-36,39-40H,17-22,25-26H2,1-2H3. The zero-order valence-corrected chi connectivity index (χ0v) is 31.4. The first-order chi connectivity index (χ1) is 26.3. The van der Waals surface area contributed by atoms with Gasteiger partial charge in [0.05, 0.1) is 66.5 Å². The van der Waals surface area contributed by atoms with Crippen molar-refractivity contribution >= 4 is 35.1 Å². The molecule has 6 rings (SSSR count). The summed E-state index contributed by atoms with van der Waals surface area (Å²) < 4.78 is 36.1. The average molecular weight is 782 g/mol. The van der Waals surface area contributed by atoms with Gasteiger partial charge in [-0.15, -0.1) is 10.1 Å². The molecule has 4 atom stereocenters. The third kappa shape index (κ3) is 10.6. The lowest BCUT2D eigenvalue weighted by molar-refractivity contribution is -0.228. The number of methoxy groups -OCH3 is 2. The smallest absolute Gasteiger partial charge is 0.325 e. The van der Waals surface area contributed by atoms with Crippen molar-refractivity contribution in [1.82, 2.24) is 10.1 Å². The van der Waals surface area contributed by atoms with E-state index in [-0.39, 0.29) is 25.9 Å². The first-order valence-corrected chi connectivity index (χ1v) is 18.3. The first kappa shape index (κ1) is 39.1. The van der Waals surface area contributed by atoms with E-state index in [2.05, 4.69) is 0 Å². The Labute approximate surface area is 324 Å². The van der Waals surface area contributed by atoms with E-state index in [4.69, 9.17) is 61.3 Å². The number of ether oxygens (including phenoxy) is 6. The maximum atomic E-state index is 13.0. The van der Waals surface area contributed by atoms with E-state index >= 15 is 0 Å². The number of hydrogen-bond acceptors (Lipinski definition) is 12. The molecular formula is C40H42Cl2N2O10. The van der Waals surface area contributed by atoms with Crippen LogP contribution in [0.25, 0.3) is 0 Å². The number of hydrogen-bond donors (Lipinski definition) is 0. The summed E-state index contributed by atoms with van der Waals surface area (Å²) in [5.74, 6) is 0.791. The molecule has 4 unspecified atom stereocenters. The third-order valence-corrected chi connectivity index (χ3v) is 9.27. The molecule has 4 aromatic carbocycles. The van der Waals surface area contributed by atoms with Gasteiger partial charge >= 0.3 is 11.9 Å². The molecular weight excluding hydrogens is 739 g/mol. The van der Waals surface area contributed by atoms with Gasteiger partial charge in [0.2, 0.25) is 0 Å². The Morgan fingerprint density at radius 2 is 1.04 bits per heavy atom. The SMILES string of the molecule is COc1cc(Cl)ccc1OC(c1ccccc1)C1CN(OC(=O)CCC(=O)ON2CCOC(C(Oc3ccc(Cl)cc3OC)c3ccccc3)C2)CCO1. The zero-order chi connectivity index (χ0) is 37.9. The topological polar surface area (TPSA) is 114 Å². The number of rotatable bonds is 15. The molecule has 2 saturated heterocycles. The van der Waals surface area contributed by atoms with E-state index in [0.29, 0.717) is 59.3 Å². The van der Waals surface area contributed by atoms with Crippen molar-refractivity contribution < 1.29 is 47.7 Å². The van der Waals surface area contributed by atoms with Gasteiger partial charge in [-0.3, -0.25) is 9.59 Å². The molecule has 286 valence electrons. The number of carbonyl (C=O) groups is 2. The predicted molar refractivity (Wildman–Crippen MR) is 200 cm³/mol. The van der Waals surface area contributed by atoms with Crippen LogP contribution in [0.5, 0.6) is 23.0 Å². The van der Waals surface area contributed by atoms with Gasteiger partial charge in [0, 0.05) is 22.2 Å². The molecule has 2 aliphatic heterocycles. The average Bonchev–Trinajstić information content (AvgIpc) is 3.20. The Bertz CT molecular complexity index is 1700. The summed E-state index contributed by atoms with van der Waals surface area (Å²) in [6, 6.07) is 29.5. The number of nitrogens with zero attached hydrogens (tertiary/aromatic N) is 2. The monoisotopic (exact) mass is 780 g/mol. The third-order valence-electron chi connectivity index (χ3n) is 8.80. The van der Waals surface area contributed by atoms with Crippen LogP contribution < -0.4 is 18.9 Å². The van der Waals surface area contributed by atoms with E-state index < -0.39 is 36.4 Å². The summed E-state index contributed by atoms with van der Waals surface area (Å²) in [6.45, 7) is 1.74. The van der Waals surface area contributed by atoms with Crippen molar-refractivity contribution in [3.63, 3.8) is 0 Å². The van der Waals surface area contributed by atoms with Crippen LogP contribution in [0.15, 0.2) is 97.1 Å². The summed E-state index contributed by atoms with van der Waals surface area (Å²) in [7, 11) is 3.08. The summed E-state index contributed by atoms with van der Waals surface area (Å²) >= 11 is 12.3. The molecule has 54 heavy (non-hydrogen) atoms. The fourth-order valence-electron chi connectivity index (χ4n) is 6.17. The van der Waals surface area contributed by atoms with Gasteiger partial charge in [0.25, 0.3) is 0 Å². The van der Waals surface area contributed by atoms with Crippen molar-refractivity contribution in [3.8, 4) is 23.0 Å². The molecule has 0 aromatic heterocycles. The number of halogens is 2. The molecule has 0 N–H and O–H groups in total. The van der Waals surface area contributed by atoms with Gasteiger partial charge in [-0.25, -0.2) is 0 Å². The van der Waals surface area contributed by atoms with Gasteiger partial charge in [-0.05, 0) is 35.4 Å². The molecule has 0 aliphatic carbocycles. The predicted octanol–water partition coefficient (Wildman–Crippen LogP) is 7.05. The molecule has 0 bridgehead atoms. The van der Waals surface area contributed by atoms with Gasteiger partial charge in [-0.2, -0.15) is 0 Å². The molecule has 2 fully saturated rings. The highest BCUT2D eigenvalue weighted by Crippen LogP contribution is 2.37. The highest BCUT2D eigenvalue weighted by atomic mass is 35.5. The van der Waals surface area contributed by atoms with Crippen LogP contribution >= 0.6 is 23.2 Å². The molecule has 0 amide bonds. The van der Waals surface area contributed by atoms with E-state index in [1.807, 2.05) is 60.7 Å². The minimum atomic E-state index is -0.571. The van der Waals surface area contributed by atoms with Gasteiger partial charge in [0.1, 0.15) is 12.2 Å². The maximum Gasteiger partial charge on any atom is 0.325 e. The Morgan fingerprint density at radius 1 is 0.630 bits per heavy atom. The molecule has 12 nitrogen and oxygen atoms in total. The van der Waals surface area contributed by atoms with Crippen molar-refractivity contribution in [2.45, 2.75) is 37.3 Å². The summed E-state index contributed by atoms with van der Waals surface area (Å²) in [5.41, 5.74) is 1.74. The van der Waals surface area contributed by atoms with Gasteiger partial charge < -0.3 is 38.1 Å². The highest BCUT2D eigenvalue weighted by molar-refractivity contribution is 6.31.